The minimum atomic E-state index is -4.48. The number of carbonyl (C=O) groups is 1. The molecule has 11 heteroatoms. The highest BCUT2D eigenvalue weighted by Gasteiger charge is 2.75. The maximum atomic E-state index is 15.0. The molecule has 3 fully saturated rings. The van der Waals surface area contributed by atoms with Crippen LogP contribution >= 0.6 is 0 Å². The molecular formula is C27H25F4N5O2. The molecule has 1 spiro atoms. The average molecular weight is 528 g/mol. The van der Waals surface area contributed by atoms with Crippen LogP contribution < -0.4 is 4.90 Å². The van der Waals surface area contributed by atoms with Crippen molar-refractivity contribution in [3.8, 4) is 11.4 Å². The Balaban J connectivity index is 1.32. The molecule has 38 heavy (non-hydrogen) atoms. The van der Waals surface area contributed by atoms with Gasteiger partial charge in [0.15, 0.2) is 5.82 Å². The molecule has 3 heterocycles. The number of carbonyl (C=O) groups excluding carboxylic acids is 1. The van der Waals surface area contributed by atoms with Gasteiger partial charge in [-0.1, -0.05) is 6.07 Å². The summed E-state index contributed by atoms with van der Waals surface area (Å²) in [6.45, 7) is 1.29. The summed E-state index contributed by atoms with van der Waals surface area (Å²) in [6.07, 6.45) is 1.14. The number of anilines is 1. The molecule has 3 aliphatic rings. The van der Waals surface area contributed by atoms with E-state index in [0.717, 1.165) is 25.1 Å². The quantitative estimate of drug-likeness (QED) is 0.423. The predicted octanol–water partition coefficient (Wildman–Crippen LogP) is 4.45. The average Bonchev–Trinajstić information content (AvgIpc) is 3.57. The van der Waals surface area contributed by atoms with E-state index in [2.05, 4.69) is 15.0 Å². The second-order valence-corrected chi connectivity index (χ2v) is 10.1. The van der Waals surface area contributed by atoms with Crippen LogP contribution in [-0.4, -0.2) is 64.6 Å². The van der Waals surface area contributed by atoms with E-state index in [1.807, 2.05) is 4.90 Å². The Labute approximate surface area is 216 Å². The van der Waals surface area contributed by atoms with E-state index < -0.39 is 17.6 Å². The predicted molar refractivity (Wildman–Crippen MR) is 130 cm³/mol. The van der Waals surface area contributed by atoms with Crippen LogP contribution in [0.2, 0.25) is 0 Å². The summed E-state index contributed by atoms with van der Waals surface area (Å²) in [7, 11) is 1.56. The third kappa shape index (κ3) is 3.91. The molecule has 198 valence electrons. The van der Waals surface area contributed by atoms with Gasteiger partial charge in [0.05, 0.1) is 35.4 Å². The molecule has 0 radical (unpaired) electrons. The number of hydrogen-bond donors (Lipinski definition) is 0. The number of ether oxygens (including phenoxy) is 1. The lowest BCUT2D eigenvalue weighted by Crippen LogP contribution is -2.64. The van der Waals surface area contributed by atoms with Crippen LogP contribution in [0.25, 0.3) is 11.4 Å². The van der Waals surface area contributed by atoms with Gasteiger partial charge < -0.3 is 14.5 Å². The Bertz CT molecular complexity index is 1350. The maximum Gasteiger partial charge on any atom is 0.417 e. The zero-order valence-corrected chi connectivity index (χ0v) is 20.5. The van der Waals surface area contributed by atoms with Gasteiger partial charge in [-0.2, -0.15) is 13.2 Å². The lowest BCUT2D eigenvalue weighted by atomic mass is 9.70. The Kier molecular flexibility index (Phi) is 5.86. The summed E-state index contributed by atoms with van der Waals surface area (Å²) in [6, 6.07) is 8.04. The molecule has 4 atom stereocenters. The molecule has 7 nitrogen and oxygen atoms in total. The van der Waals surface area contributed by atoms with Gasteiger partial charge in [-0.3, -0.25) is 4.79 Å². The van der Waals surface area contributed by atoms with Crippen molar-refractivity contribution in [3.63, 3.8) is 0 Å². The fourth-order valence-corrected chi connectivity index (χ4v) is 6.34. The molecule has 2 saturated carbocycles. The third-order valence-corrected chi connectivity index (χ3v) is 8.18. The van der Waals surface area contributed by atoms with Gasteiger partial charge in [0.2, 0.25) is 0 Å². The molecule has 3 aromatic rings. The number of nitrogens with zero attached hydrogens (tertiary/aromatic N) is 5. The number of likely N-dealkylation sites (tertiary alicyclic amines) is 1. The summed E-state index contributed by atoms with van der Waals surface area (Å²) < 4.78 is 59.6. The zero-order chi connectivity index (χ0) is 26.7. The van der Waals surface area contributed by atoms with Crippen molar-refractivity contribution < 1.29 is 27.1 Å². The summed E-state index contributed by atoms with van der Waals surface area (Å²) in [5.74, 6) is -0.00541. The highest BCUT2D eigenvalue weighted by atomic mass is 19.4. The summed E-state index contributed by atoms with van der Waals surface area (Å²) in [5, 5.41) is 0. The van der Waals surface area contributed by atoms with E-state index in [0.29, 0.717) is 31.4 Å². The van der Waals surface area contributed by atoms with E-state index in [1.54, 1.807) is 24.1 Å². The first-order valence-corrected chi connectivity index (χ1v) is 12.4. The summed E-state index contributed by atoms with van der Waals surface area (Å²) in [4.78, 5) is 30.1. The van der Waals surface area contributed by atoms with Gasteiger partial charge >= 0.3 is 6.18 Å². The fraction of sp³-hybridized carbons (Fsp3) is 0.407. The molecule has 1 aliphatic heterocycles. The van der Waals surface area contributed by atoms with Crippen LogP contribution in [0.1, 0.15) is 28.8 Å². The van der Waals surface area contributed by atoms with Gasteiger partial charge in [-0.15, -0.1) is 0 Å². The van der Waals surface area contributed by atoms with Crippen LogP contribution in [0.5, 0.6) is 0 Å². The largest absolute Gasteiger partial charge is 0.417 e. The van der Waals surface area contributed by atoms with Crippen LogP contribution in [0.3, 0.4) is 0 Å². The number of methoxy groups -OCH3 is 1. The fourth-order valence-electron chi connectivity index (χ4n) is 6.34. The van der Waals surface area contributed by atoms with Crippen molar-refractivity contribution in [2.45, 2.75) is 31.1 Å². The minimum Gasteiger partial charge on any atom is -0.383 e. The topological polar surface area (TPSA) is 71.5 Å². The number of benzene rings is 1. The van der Waals surface area contributed by atoms with Crippen LogP contribution in [-0.2, 0) is 10.9 Å². The highest BCUT2D eigenvalue weighted by Crippen LogP contribution is 2.72. The number of aromatic nitrogens is 3. The molecule has 1 aromatic carbocycles. The Morgan fingerprint density at radius 3 is 2.61 bits per heavy atom. The van der Waals surface area contributed by atoms with Crippen LogP contribution in [0.4, 0.5) is 23.4 Å². The SMILES string of the molecule is COCCN(c1ccc(C(F)(F)F)cn1)C1CC23CC2CN(C(=O)c2cccc(F)c2-c2ncccn2)C13. The number of amides is 1. The number of piperidine rings is 1. The number of alkyl halides is 3. The first-order chi connectivity index (χ1) is 18.2. The highest BCUT2D eigenvalue weighted by molar-refractivity contribution is 6.01. The standard InChI is InChI=1S/C27H25F4N5O2/c1-38-11-10-35(21-7-6-16(14-34-21)27(29,30)31)20-13-26-12-17(26)15-36(23(20)26)25(37)18-4-2-5-19(28)22(18)24-32-8-3-9-33-24/h2-9,14,17,20,23H,10-13,15H2,1H3. The van der Waals surface area contributed by atoms with E-state index in [1.165, 1.54) is 30.6 Å². The molecule has 1 amide bonds. The second kappa shape index (κ2) is 9.00. The molecule has 0 N–H and O–H groups in total. The molecule has 1 saturated heterocycles. The van der Waals surface area contributed by atoms with Crippen molar-refractivity contribution in [2.75, 3.05) is 31.7 Å². The summed E-state index contributed by atoms with van der Waals surface area (Å²) in [5.41, 5.74) is -0.591. The Morgan fingerprint density at radius 2 is 1.92 bits per heavy atom. The Hall–Kier alpha value is -3.60. The van der Waals surface area contributed by atoms with Crippen LogP contribution in [0, 0.1) is 17.2 Å². The van der Waals surface area contributed by atoms with E-state index in [4.69, 9.17) is 4.74 Å². The molecule has 0 bridgehead atoms. The number of halogens is 4. The number of rotatable bonds is 7. The third-order valence-electron chi connectivity index (χ3n) is 8.18. The van der Waals surface area contributed by atoms with E-state index in [-0.39, 0.29) is 40.4 Å². The van der Waals surface area contributed by atoms with Crippen molar-refractivity contribution in [1.82, 2.24) is 19.9 Å². The van der Waals surface area contributed by atoms with Crippen LogP contribution in [0.15, 0.2) is 55.0 Å². The van der Waals surface area contributed by atoms with Crippen molar-refractivity contribution >= 4 is 11.7 Å². The molecule has 2 aliphatic carbocycles. The molecule has 4 unspecified atom stereocenters. The second-order valence-electron chi connectivity index (χ2n) is 10.1. The first-order valence-electron chi connectivity index (χ1n) is 12.4. The van der Waals surface area contributed by atoms with Gasteiger partial charge in [-0.05, 0) is 54.5 Å². The first kappa shape index (κ1) is 24.7. The monoisotopic (exact) mass is 527 g/mol. The van der Waals surface area contributed by atoms with Crippen molar-refractivity contribution in [1.29, 1.82) is 0 Å². The van der Waals surface area contributed by atoms with Gasteiger partial charge in [0.1, 0.15) is 11.6 Å². The number of pyridine rings is 1. The zero-order valence-electron chi connectivity index (χ0n) is 20.5. The molecule has 6 rings (SSSR count). The molecule has 2 aromatic heterocycles. The number of hydrogen-bond acceptors (Lipinski definition) is 6. The molecular weight excluding hydrogens is 502 g/mol. The normalized spacial score (nSPS) is 25.4. The smallest absolute Gasteiger partial charge is 0.383 e. The summed E-state index contributed by atoms with van der Waals surface area (Å²) >= 11 is 0. The van der Waals surface area contributed by atoms with Crippen molar-refractivity contribution in [3.05, 3.63) is 71.9 Å². The van der Waals surface area contributed by atoms with Gasteiger partial charge in [0.25, 0.3) is 5.91 Å². The van der Waals surface area contributed by atoms with E-state index in [9.17, 15) is 22.4 Å². The lowest BCUT2D eigenvalue weighted by Gasteiger charge is -2.52. The maximum absolute atomic E-state index is 15.0. The lowest BCUT2D eigenvalue weighted by molar-refractivity contribution is -0.137. The van der Waals surface area contributed by atoms with E-state index >= 15 is 0 Å². The van der Waals surface area contributed by atoms with Crippen molar-refractivity contribution in [2.24, 2.45) is 11.3 Å². The Morgan fingerprint density at radius 1 is 1.13 bits per heavy atom. The van der Waals surface area contributed by atoms with Gasteiger partial charge in [-0.25, -0.2) is 19.3 Å². The van der Waals surface area contributed by atoms with Gasteiger partial charge in [0, 0.05) is 38.8 Å². The minimum absolute atomic E-state index is 0.0195.